The van der Waals surface area contributed by atoms with Crippen LogP contribution in [-0.4, -0.2) is 46.0 Å². The van der Waals surface area contributed by atoms with Gasteiger partial charge in [0.05, 0.1) is 11.3 Å². The molecule has 142 valence electrons. The van der Waals surface area contributed by atoms with Crippen molar-refractivity contribution in [3.63, 3.8) is 0 Å². The molecular weight excluding hydrogens is 350 g/mol. The topological polar surface area (TPSA) is 116 Å². The van der Waals surface area contributed by atoms with E-state index < -0.39 is 5.97 Å². The van der Waals surface area contributed by atoms with Gasteiger partial charge in [0.25, 0.3) is 11.8 Å². The van der Waals surface area contributed by atoms with Crippen LogP contribution in [0.3, 0.4) is 0 Å². The minimum absolute atomic E-state index is 0.184. The summed E-state index contributed by atoms with van der Waals surface area (Å²) in [4.78, 5) is 46.6. The molecule has 3 amide bonds. The van der Waals surface area contributed by atoms with Crippen LogP contribution in [0.4, 0.5) is 0 Å². The molecule has 0 radical (unpaired) electrons. The molecule has 1 aromatic rings. The molecular formula is C19H21N3O5. The molecule has 0 spiro atoms. The highest BCUT2D eigenvalue weighted by molar-refractivity contribution is 6.12. The first-order chi connectivity index (χ1) is 12.9. The molecule has 0 aliphatic carbocycles. The van der Waals surface area contributed by atoms with E-state index in [-0.39, 0.29) is 29.7 Å². The number of nitrogens with zero attached hydrogens (tertiary/aromatic N) is 2. The standard InChI is InChI=1S/C19H21N3O5/c1-13(14-6-8-15(9-7-14)19(26)27)20-21-16(23)5-3-2-4-12-22-17(24)10-11-18(22)25/h6-11H,2-5,12H2,1H3,(H,21,23)(H,26,27). The molecule has 0 aromatic heterocycles. The molecule has 27 heavy (non-hydrogen) atoms. The van der Waals surface area contributed by atoms with Crippen LogP contribution in [0, 0.1) is 0 Å². The number of carbonyl (C=O) groups is 4. The van der Waals surface area contributed by atoms with Crippen molar-refractivity contribution in [2.24, 2.45) is 5.10 Å². The molecule has 8 heteroatoms. The van der Waals surface area contributed by atoms with Crippen LogP contribution in [0.15, 0.2) is 41.5 Å². The number of hydrogen-bond donors (Lipinski definition) is 2. The van der Waals surface area contributed by atoms with Crippen molar-refractivity contribution in [1.82, 2.24) is 10.3 Å². The number of carbonyl (C=O) groups excluding carboxylic acids is 3. The van der Waals surface area contributed by atoms with Gasteiger partial charge in [0.1, 0.15) is 0 Å². The minimum atomic E-state index is -1.00. The van der Waals surface area contributed by atoms with Gasteiger partial charge in [-0.1, -0.05) is 18.6 Å². The van der Waals surface area contributed by atoms with E-state index in [0.717, 1.165) is 0 Å². The number of hydrogen-bond acceptors (Lipinski definition) is 5. The van der Waals surface area contributed by atoms with Gasteiger partial charge >= 0.3 is 5.97 Å². The third-order valence-corrected chi connectivity index (χ3v) is 4.08. The Bertz CT molecular complexity index is 778. The van der Waals surface area contributed by atoms with Gasteiger partial charge in [0, 0.05) is 25.1 Å². The first kappa shape index (κ1) is 20.0. The summed E-state index contributed by atoms with van der Waals surface area (Å²) in [6.07, 6.45) is 4.78. The Labute approximate surface area is 156 Å². The second kappa shape index (κ2) is 9.42. The highest BCUT2D eigenvalue weighted by Gasteiger charge is 2.22. The van der Waals surface area contributed by atoms with Crippen molar-refractivity contribution in [3.05, 3.63) is 47.5 Å². The Morgan fingerprint density at radius 2 is 1.59 bits per heavy atom. The van der Waals surface area contributed by atoms with Gasteiger partial charge in [0.15, 0.2) is 0 Å². The molecule has 0 fully saturated rings. The number of benzene rings is 1. The van der Waals surface area contributed by atoms with Crippen LogP contribution >= 0.6 is 0 Å². The van der Waals surface area contributed by atoms with Crippen molar-refractivity contribution < 1.29 is 24.3 Å². The van der Waals surface area contributed by atoms with Gasteiger partial charge < -0.3 is 5.11 Å². The number of aromatic carboxylic acids is 1. The third-order valence-electron chi connectivity index (χ3n) is 4.08. The number of carboxylic acid groups (broad SMARTS) is 1. The van der Waals surface area contributed by atoms with Crippen LogP contribution in [0.2, 0.25) is 0 Å². The average molecular weight is 371 g/mol. The maximum Gasteiger partial charge on any atom is 0.335 e. The second-order valence-electron chi connectivity index (χ2n) is 6.09. The molecule has 0 saturated heterocycles. The highest BCUT2D eigenvalue weighted by atomic mass is 16.4. The van der Waals surface area contributed by atoms with Crippen LogP contribution in [0.25, 0.3) is 0 Å². The minimum Gasteiger partial charge on any atom is -0.478 e. The summed E-state index contributed by atoms with van der Waals surface area (Å²) < 4.78 is 0. The summed E-state index contributed by atoms with van der Waals surface area (Å²) in [5.41, 5.74) is 3.94. The normalized spacial score (nSPS) is 14.0. The molecule has 1 aromatic carbocycles. The zero-order valence-corrected chi connectivity index (χ0v) is 15.0. The highest BCUT2D eigenvalue weighted by Crippen LogP contribution is 2.08. The number of nitrogens with one attached hydrogen (secondary N) is 1. The molecule has 0 bridgehead atoms. The van der Waals surface area contributed by atoms with E-state index in [1.807, 2.05) is 0 Å². The summed E-state index contributed by atoms with van der Waals surface area (Å²) in [6, 6.07) is 6.21. The molecule has 1 aliphatic rings. The molecule has 1 heterocycles. The lowest BCUT2D eigenvalue weighted by Crippen LogP contribution is -2.30. The van der Waals surface area contributed by atoms with Gasteiger partial charge in [-0.15, -0.1) is 0 Å². The fraction of sp³-hybridized carbons (Fsp3) is 0.316. The second-order valence-corrected chi connectivity index (χ2v) is 6.09. The van der Waals surface area contributed by atoms with Gasteiger partial charge in [-0.3, -0.25) is 19.3 Å². The summed E-state index contributed by atoms with van der Waals surface area (Å²) in [5, 5.41) is 12.9. The molecule has 1 aliphatic heterocycles. The number of unbranched alkanes of at least 4 members (excludes halogenated alkanes) is 2. The zero-order chi connectivity index (χ0) is 19.8. The van der Waals surface area contributed by atoms with E-state index >= 15 is 0 Å². The molecule has 8 nitrogen and oxygen atoms in total. The smallest absolute Gasteiger partial charge is 0.335 e. The Hall–Kier alpha value is -3.29. The number of imide groups is 1. The number of rotatable bonds is 9. The van der Waals surface area contributed by atoms with Crippen LogP contribution in [0.1, 0.15) is 48.5 Å². The van der Waals surface area contributed by atoms with E-state index in [2.05, 4.69) is 10.5 Å². The van der Waals surface area contributed by atoms with Crippen molar-refractivity contribution in [2.75, 3.05) is 6.54 Å². The quantitative estimate of drug-likeness (QED) is 0.297. The lowest BCUT2D eigenvalue weighted by atomic mass is 10.1. The predicted octanol–water partition coefficient (Wildman–Crippen LogP) is 1.71. The summed E-state index contributed by atoms with van der Waals surface area (Å²) in [5.74, 6) is -1.82. The Balaban J connectivity index is 1.67. The Kier molecular flexibility index (Phi) is 6.99. The van der Waals surface area contributed by atoms with Crippen molar-refractivity contribution in [1.29, 1.82) is 0 Å². The fourth-order valence-corrected chi connectivity index (χ4v) is 2.50. The van der Waals surface area contributed by atoms with Crippen LogP contribution < -0.4 is 5.43 Å². The predicted molar refractivity (Wildman–Crippen MR) is 98.1 cm³/mol. The lowest BCUT2D eigenvalue weighted by molar-refractivity contribution is -0.137. The van der Waals surface area contributed by atoms with E-state index in [1.165, 1.54) is 29.2 Å². The van der Waals surface area contributed by atoms with Gasteiger partial charge in [-0.2, -0.15) is 5.10 Å². The van der Waals surface area contributed by atoms with E-state index in [0.29, 0.717) is 37.1 Å². The van der Waals surface area contributed by atoms with Crippen molar-refractivity contribution in [2.45, 2.75) is 32.6 Å². The molecule has 0 unspecified atom stereocenters. The third kappa shape index (κ3) is 5.88. The maximum atomic E-state index is 11.8. The molecule has 2 N–H and O–H groups in total. The van der Waals surface area contributed by atoms with E-state index in [1.54, 1.807) is 19.1 Å². The van der Waals surface area contributed by atoms with Crippen LogP contribution in [0.5, 0.6) is 0 Å². The average Bonchev–Trinajstić information content (AvgIpc) is 2.97. The van der Waals surface area contributed by atoms with Gasteiger partial charge in [-0.05, 0) is 37.5 Å². The summed E-state index contributed by atoms with van der Waals surface area (Å²) in [6.45, 7) is 2.07. The summed E-state index contributed by atoms with van der Waals surface area (Å²) >= 11 is 0. The maximum absolute atomic E-state index is 11.8. The first-order valence-electron chi connectivity index (χ1n) is 8.59. The largest absolute Gasteiger partial charge is 0.478 e. The summed E-state index contributed by atoms with van der Waals surface area (Å²) in [7, 11) is 0. The molecule has 0 atom stereocenters. The Morgan fingerprint density at radius 1 is 1.00 bits per heavy atom. The van der Waals surface area contributed by atoms with Crippen LogP contribution in [-0.2, 0) is 14.4 Å². The van der Waals surface area contributed by atoms with Crippen molar-refractivity contribution in [3.8, 4) is 0 Å². The zero-order valence-electron chi connectivity index (χ0n) is 15.0. The lowest BCUT2D eigenvalue weighted by Gasteiger charge is -2.12. The first-order valence-corrected chi connectivity index (χ1v) is 8.59. The SMILES string of the molecule is CC(=NNC(=O)CCCCCN1C(=O)C=CC1=O)c1ccc(C(=O)O)cc1. The molecule has 0 saturated carbocycles. The molecule has 2 rings (SSSR count). The van der Waals surface area contributed by atoms with Gasteiger partial charge in [0.2, 0.25) is 5.91 Å². The van der Waals surface area contributed by atoms with E-state index in [9.17, 15) is 19.2 Å². The number of carboxylic acids is 1. The fourth-order valence-electron chi connectivity index (χ4n) is 2.50. The van der Waals surface area contributed by atoms with Gasteiger partial charge in [-0.25, -0.2) is 10.2 Å². The monoisotopic (exact) mass is 371 g/mol. The number of amides is 3. The number of hydrazone groups is 1. The Morgan fingerprint density at radius 3 is 2.19 bits per heavy atom. The van der Waals surface area contributed by atoms with E-state index in [4.69, 9.17) is 5.11 Å². The van der Waals surface area contributed by atoms with Crippen molar-refractivity contribution >= 4 is 29.4 Å².